The summed E-state index contributed by atoms with van der Waals surface area (Å²) in [6.07, 6.45) is 3.65. The van der Waals surface area contributed by atoms with Crippen LogP contribution >= 0.6 is 11.8 Å². The number of ketones is 1. The third kappa shape index (κ3) is 3.25. The van der Waals surface area contributed by atoms with Crippen molar-refractivity contribution in [2.24, 2.45) is 0 Å². The van der Waals surface area contributed by atoms with E-state index in [1.54, 1.807) is 6.33 Å². The molecule has 2 heterocycles. The molecule has 1 aromatic carbocycles. The summed E-state index contributed by atoms with van der Waals surface area (Å²) in [6.45, 7) is 0.351. The molecule has 0 radical (unpaired) electrons. The van der Waals surface area contributed by atoms with Gasteiger partial charge in [0.1, 0.15) is 12.6 Å². The van der Waals surface area contributed by atoms with Crippen molar-refractivity contribution >= 4 is 17.5 Å². The summed E-state index contributed by atoms with van der Waals surface area (Å²) in [5.74, 6) is 2.35. The minimum atomic E-state index is 0. The molecule has 1 fully saturated rings. The lowest BCUT2D eigenvalue weighted by molar-refractivity contribution is -0.684. The summed E-state index contributed by atoms with van der Waals surface area (Å²) in [4.78, 5) is 12.0. The highest BCUT2D eigenvalue weighted by Gasteiger charge is 2.26. The predicted octanol–water partition coefficient (Wildman–Crippen LogP) is -1.65. The van der Waals surface area contributed by atoms with Gasteiger partial charge in [0.15, 0.2) is 5.78 Å². The molecule has 0 spiro atoms. The number of hydrogen-bond acceptors (Lipinski definition) is 3. The van der Waals surface area contributed by atoms with Crippen LogP contribution in [0.5, 0.6) is 0 Å². The number of nitrogens with zero attached hydrogens (tertiary/aromatic N) is 3. The average molecular weight is 340 g/mol. The number of Topliss-reactive ketones (excluding diaryl/α,β-unsaturated/α-hetero) is 1. The van der Waals surface area contributed by atoms with Crippen LogP contribution in [-0.2, 0) is 6.54 Å². The van der Waals surface area contributed by atoms with Crippen molar-refractivity contribution in [2.75, 3.05) is 11.5 Å². The predicted molar refractivity (Wildman–Crippen MR) is 69.6 cm³/mol. The minimum absolute atomic E-state index is 0. The fourth-order valence-corrected chi connectivity index (χ4v) is 2.62. The van der Waals surface area contributed by atoms with Gasteiger partial charge in [0.2, 0.25) is 6.33 Å². The summed E-state index contributed by atoms with van der Waals surface area (Å²) in [5.41, 5.74) is 0.747. The lowest BCUT2D eigenvalue weighted by Crippen LogP contribution is -3.00. The highest BCUT2D eigenvalue weighted by Crippen LogP contribution is 2.27. The molecule has 0 amide bonds. The number of aromatic nitrogens is 3. The highest BCUT2D eigenvalue weighted by atomic mass is 79.9. The Hall–Kier alpha value is -1.14. The lowest BCUT2D eigenvalue weighted by atomic mass is 10.1. The molecule has 3 rings (SSSR count). The van der Waals surface area contributed by atoms with Crippen LogP contribution in [0.1, 0.15) is 16.4 Å². The fraction of sp³-hybridized carbons (Fsp3) is 0.308. The van der Waals surface area contributed by atoms with Crippen LogP contribution in [0.15, 0.2) is 43.0 Å². The van der Waals surface area contributed by atoms with E-state index in [4.69, 9.17) is 0 Å². The normalized spacial score (nSPS) is 14.5. The number of carbonyl (C=O) groups is 1. The van der Waals surface area contributed by atoms with Crippen molar-refractivity contribution < 1.29 is 26.3 Å². The number of rotatable bonds is 4. The first-order valence-corrected chi connectivity index (χ1v) is 7.07. The van der Waals surface area contributed by atoms with E-state index in [0.29, 0.717) is 12.6 Å². The Kier molecular flexibility index (Phi) is 4.76. The monoisotopic (exact) mass is 339 g/mol. The van der Waals surface area contributed by atoms with Crippen LogP contribution in [0.3, 0.4) is 0 Å². The number of thioether (sulfide) groups is 1. The smallest absolute Gasteiger partial charge is 0.265 e. The van der Waals surface area contributed by atoms with Gasteiger partial charge in [0, 0.05) is 22.2 Å². The fourth-order valence-electron chi connectivity index (χ4n) is 1.86. The standard InChI is InChI=1S/C13H14N3OS.BrH/c17-13(11-4-2-1-3-5-11)6-15-9-14-16(10-15)12-7-18-8-12;/h1-5,9-10,12H,6-8H2;1H/q+1;/p-1. The van der Waals surface area contributed by atoms with E-state index in [-0.39, 0.29) is 22.8 Å². The molecule has 0 unspecified atom stereocenters. The molecule has 1 saturated heterocycles. The first-order valence-electron chi connectivity index (χ1n) is 5.92. The molecule has 6 heteroatoms. The molecule has 1 aliphatic heterocycles. The van der Waals surface area contributed by atoms with Crippen LogP contribution in [0.2, 0.25) is 0 Å². The zero-order valence-electron chi connectivity index (χ0n) is 10.3. The first kappa shape index (κ1) is 14.3. The second kappa shape index (κ2) is 6.34. The Morgan fingerprint density at radius 2 is 2.11 bits per heavy atom. The van der Waals surface area contributed by atoms with Crippen molar-refractivity contribution in [3.63, 3.8) is 0 Å². The van der Waals surface area contributed by atoms with Crippen molar-refractivity contribution in [1.29, 1.82) is 0 Å². The maximum Gasteiger partial charge on any atom is 0.265 e. The van der Waals surface area contributed by atoms with Crippen molar-refractivity contribution in [3.8, 4) is 0 Å². The number of hydrogen-bond donors (Lipinski definition) is 0. The molecule has 1 aromatic heterocycles. The van der Waals surface area contributed by atoms with Crippen molar-refractivity contribution in [2.45, 2.75) is 12.6 Å². The van der Waals surface area contributed by atoms with Gasteiger partial charge in [0.05, 0.1) is 0 Å². The molecular formula is C13H14BrN3OS. The van der Waals surface area contributed by atoms with E-state index >= 15 is 0 Å². The zero-order valence-corrected chi connectivity index (χ0v) is 12.7. The quantitative estimate of drug-likeness (QED) is 0.494. The molecule has 100 valence electrons. The van der Waals surface area contributed by atoms with Gasteiger partial charge in [0.25, 0.3) is 6.33 Å². The Morgan fingerprint density at radius 1 is 1.37 bits per heavy atom. The van der Waals surface area contributed by atoms with E-state index in [1.165, 1.54) is 0 Å². The topological polar surface area (TPSA) is 38.8 Å². The molecule has 0 bridgehead atoms. The molecule has 2 aromatic rings. The molecule has 0 saturated carbocycles. The Morgan fingerprint density at radius 3 is 2.74 bits per heavy atom. The van der Waals surface area contributed by atoms with E-state index in [2.05, 4.69) is 5.10 Å². The Balaban J connectivity index is 0.00000133. The zero-order chi connectivity index (χ0) is 12.4. The van der Waals surface area contributed by atoms with Crippen LogP contribution in [-0.4, -0.2) is 27.1 Å². The summed E-state index contributed by atoms with van der Waals surface area (Å²) < 4.78 is 3.80. The minimum Gasteiger partial charge on any atom is -1.00 e. The highest BCUT2D eigenvalue weighted by molar-refractivity contribution is 8.00. The molecule has 4 nitrogen and oxygen atoms in total. The third-order valence-electron chi connectivity index (χ3n) is 3.02. The van der Waals surface area contributed by atoms with Crippen LogP contribution in [0.4, 0.5) is 0 Å². The van der Waals surface area contributed by atoms with Gasteiger partial charge >= 0.3 is 0 Å². The van der Waals surface area contributed by atoms with Crippen LogP contribution < -0.4 is 21.5 Å². The van der Waals surface area contributed by atoms with Crippen LogP contribution in [0, 0.1) is 0 Å². The first-order chi connectivity index (χ1) is 8.83. The summed E-state index contributed by atoms with van der Waals surface area (Å²) in [5, 5.41) is 4.30. The van der Waals surface area contributed by atoms with Gasteiger partial charge in [-0.25, -0.2) is 4.57 Å². The molecule has 0 N–H and O–H groups in total. The largest absolute Gasteiger partial charge is 1.00 e. The number of carbonyl (C=O) groups excluding carboxylic acids is 1. The molecular weight excluding hydrogens is 326 g/mol. The number of halogens is 1. The molecule has 0 atom stereocenters. The maximum absolute atomic E-state index is 12.0. The van der Waals surface area contributed by atoms with Gasteiger partial charge in [-0.15, -0.1) is 4.68 Å². The average Bonchev–Trinajstić information content (AvgIpc) is 2.76. The Labute approximate surface area is 126 Å². The Bertz CT molecular complexity index is 554. The summed E-state index contributed by atoms with van der Waals surface area (Å²) in [6, 6.07) is 9.87. The van der Waals surface area contributed by atoms with E-state index in [0.717, 1.165) is 17.1 Å². The van der Waals surface area contributed by atoms with Gasteiger partial charge in [-0.1, -0.05) is 30.3 Å². The maximum atomic E-state index is 12.0. The van der Waals surface area contributed by atoms with Crippen molar-refractivity contribution in [1.82, 2.24) is 9.78 Å². The van der Waals surface area contributed by atoms with E-state index in [9.17, 15) is 4.79 Å². The number of benzene rings is 1. The second-order valence-corrected chi connectivity index (χ2v) is 5.45. The molecule has 19 heavy (non-hydrogen) atoms. The van der Waals surface area contributed by atoms with Gasteiger partial charge < -0.3 is 17.0 Å². The molecule has 0 aliphatic carbocycles. The van der Waals surface area contributed by atoms with Crippen molar-refractivity contribution in [3.05, 3.63) is 48.5 Å². The summed E-state index contributed by atoms with van der Waals surface area (Å²) in [7, 11) is 0. The molecule has 1 aliphatic rings. The van der Waals surface area contributed by atoms with Gasteiger partial charge in [-0.2, -0.15) is 11.8 Å². The second-order valence-electron chi connectivity index (χ2n) is 4.38. The van der Waals surface area contributed by atoms with E-state index < -0.39 is 0 Å². The third-order valence-corrected chi connectivity index (χ3v) is 4.26. The van der Waals surface area contributed by atoms with Gasteiger partial charge in [-0.3, -0.25) is 4.79 Å². The SMILES string of the molecule is O=C(C[n+]1cnn(C2CSC2)c1)c1ccccc1.[Br-]. The lowest BCUT2D eigenvalue weighted by Gasteiger charge is -2.19. The van der Waals surface area contributed by atoms with Gasteiger partial charge in [-0.05, 0) is 0 Å². The van der Waals surface area contributed by atoms with E-state index in [1.807, 2.05) is 57.7 Å². The van der Waals surface area contributed by atoms with Crippen LogP contribution in [0.25, 0.3) is 0 Å². The summed E-state index contributed by atoms with van der Waals surface area (Å²) >= 11 is 1.92.